The second-order valence-corrected chi connectivity index (χ2v) is 4.14. The molecular weight excluding hydrogens is 248 g/mol. The maximum absolute atomic E-state index is 13.9. The van der Waals surface area contributed by atoms with Crippen LogP contribution in [-0.4, -0.2) is 33.2 Å². The molecule has 2 rings (SSSR count). The Morgan fingerprint density at radius 3 is 2.83 bits per heavy atom. The number of alkyl halides is 2. The Kier molecular flexibility index (Phi) is 3.07. The molecule has 3 atom stereocenters. The third-order valence-corrected chi connectivity index (χ3v) is 2.97. The summed E-state index contributed by atoms with van der Waals surface area (Å²) >= 11 is 0. The van der Waals surface area contributed by atoms with Crippen molar-refractivity contribution in [3.63, 3.8) is 0 Å². The van der Waals surface area contributed by atoms with Gasteiger partial charge < -0.3 is 15.6 Å². The Bertz CT molecular complexity index is 505. The Balaban J connectivity index is 2.42. The average molecular weight is 261 g/mol. The third-order valence-electron chi connectivity index (χ3n) is 2.97. The van der Waals surface area contributed by atoms with E-state index in [2.05, 4.69) is 9.97 Å². The first-order valence-electron chi connectivity index (χ1n) is 5.44. The molecule has 1 fully saturated rings. The van der Waals surface area contributed by atoms with E-state index in [1.165, 1.54) is 0 Å². The molecule has 8 heteroatoms. The van der Waals surface area contributed by atoms with Gasteiger partial charge in [-0.3, -0.25) is 4.98 Å². The molecule has 100 valence electrons. The van der Waals surface area contributed by atoms with Crippen molar-refractivity contribution in [2.75, 3.05) is 5.73 Å². The van der Waals surface area contributed by atoms with Gasteiger partial charge in [-0.2, -0.15) is 0 Å². The molecule has 0 aliphatic carbocycles. The zero-order chi connectivity index (χ0) is 13.5. The van der Waals surface area contributed by atoms with Crippen LogP contribution in [-0.2, 0) is 4.74 Å². The van der Waals surface area contributed by atoms with E-state index in [0.717, 1.165) is 6.20 Å². The zero-order valence-electron chi connectivity index (χ0n) is 9.56. The molecule has 1 aliphatic rings. The number of anilines is 1. The summed E-state index contributed by atoms with van der Waals surface area (Å²) in [6, 6.07) is 0. The Morgan fingerprint density at radius 2 is 2.33 bits per heavy atom. The number of halogens is 2. The molecular formula is C10H13F2N3O3. The highest BCUT2D eigenvalue weighted by Gasteiger charge is 2.58. The largest absolute Gasteiger partial charge is 0.385 e. The number of H-pyrrole nitrogens is 1. The molecule has 4 N–H and O–H groups in total. The van der Waals surface area contributed by atoms with E-state index >= 15 is 0 Å². The fraction of sp³-hybridized carbons (Fsp3) is 0.600. The SMILES string of the molecule is CC[C@H]1O[C@H](c2cnc(=O)[nH]c2N)C(F)(F)[C@@H]1O. The van der Waals surface area contributed by atoms with Crippen molar-refractivity contribution in [1.82, 2.24) is 9.97 Å². The van der Waals surface area contributed by atoms with Gasteiger partial charge in [-0.05, 0) is 6.42 Å². The molecule has 0 radical (unpaired) electrons. The number of nitrogen functional groups attached to an aromatic ring is 1. The van der Waals surface area contributed by atoms with Crippen molar-refractivity contribution in [1.29, 1.82) is 0 Å². The quantitative estimate of drug-likeness (QED) is 0.705. The number of hydrogen-bond acceptors (Lipinski definition) is 5. The standard InChI is InChI=1S/C10H13F2N3O3/c1-2-5-6(16)10(11,12)7(18-5)4-3-14-9(17)15-8(4)13/h3,5-7,16H,2H2,1H3,(H3,13,14,15,17)/t5-,6-,7-/m1/s1. The van der Waals surface area contributed by atoms with Gasteiger partial charge in [0.25, 0.3) is 0 Å². The van der Waals surface area contributed by atoms with Crippen LogP contribution >= 0.6 is 0 Å². The molecule has 1 aliphatic heterocycles. The summed E-state index contributed by atoms with van der Waals surface area (Å²) in [6.07, 6.45) is -3.40. The molecule has 0 unspecified atom stereocenters. The van der Waals surface area contributed by atoms with E-state index in [1.54, 1.807) is 6.92 Å². The van der Waals surface area contributed by atoms with Gasteiger partial charge in [-0.15, -0.1) is 0 Å². The van der Waals surface area contributed by atoms with Crippen LogP contribution in [0.25, 0.3) is 0 Å². The number of ether oxygens (including phenoxy) is 1. The van der Waals surface area contributed by atoms with E-state index in [1.807, 2.05) is 0 Å². The van der Waals surface area contributed by atoms with Crippen molar-refractivity contribution < 1.29 is 18.6 Å². The van der Waals surface area contributed by atoms with E-state index in [4.69, 9.17) is 10.5 Å². The Morgan fingerprint density at radius 1 is 1.67 bits per heavy atom. The summed E-state index contributed by atoms with van der Waals surface area (Å²) in [5.41, 5.74) is 4.60. The molecule has 0 aromatic carbocycles. The maximum Gasteiger partial charge on any atom is 0.346 e. The first-order valence-corrected chi connectivity index (χ1v) is 5.44. The number of nitrogens with one attached hydrogen (secondary N) is 1. The predicted octanol–water partition coefficient (Wildman–Crippen LogP) is 0.198. The van der Waals surface area contributed by atoms with Gasteiger partial charge in [0.1, 0.15) is 11.9 Å². The van der Waals surface area contributed by atoms with Crippen LogP contribution in [0, 0.1) is 0 Å². The van der Waals surface area contributed by atoms with Gasteiger partial charge in [-0.25, -0.2) is 18.6 Å². The van der Waals surface area contributed by atoms with Crippen LogP contribution < -0.4 is 11.4 Å². The second kappa shape index (κ2) is 4.29. The normalized spacial score (nSPS) is 30.6. The number of aliphatic hydroxyl groups is 1. The highest BCUT2D eigenvalue weighted by atomic mass is 19.3. The first-order chi connectivity index (χ1) is 8.37. The first kappa shape index (κ1) is 12.9. The number of rotatable bonds is 2. The van der Waals surface area contributed by atoms with Crippen LogP contribution in [0.15, 0.2) is 11.0 Å². The van der Waals surface area contributed by atoms with E-state index in [9.17, 15) is 18.7 Å². The van der Waals surface area contributed by atoms with E-state index < -0.39 is 29.9 Å². The maximum atomic E-state index is 13.9. The third kappa shape index (κ3) is 1.87. The minimum Gasteiger partial charge on any atom is -0.385 e. The molecule has 0 saturated carbocycles. The molecule has 1 saturated heterocycles. The summed E-state index contributed by atoms with van der Waals surface area (Å²) in [6.45, 7) is 1.63. The molecule has 0 spiro atoms. The average Bonchev–Trinajstić information content (AvgIpc) is 2.52. The van der Waals surface area contributed by atoms with Crippen molar-refractivity contribution >= 4 is 5.82 Å². The molecule has 1 aromatic heterocycles. The second-order valence-electron chi connectivity index (χ2n) is 4.14. The summed E-state index contributed by atoms with van der Waals surface area (Å²) in [5.74, 6) is -3.71. The zero-order valence-corrected chi connectivity index (χ0v) is 9.56. The van der Waals surface area contributed by atoms with Gasteiger partial charge in [-0.1, -0.05) is 6.92 Å². The minimum absolute atomic E-state index is 0.130. The lowest BCUT2D eigenvalue weighted by atomic mass is 10.0. The van der Waals surface area contributed by atoms with Gasteiger partial charge in [0, 0.05) is 11.8 Å². The number of hydrogen-bond donors (Lipinski definition) is 3. The van der Waals surface area contributed by atoms with E-state index in [-0.39, 0.29) is 17.8 Å². The number of nitrogens with zero attached hydrogens (tertiary/aromatic N) is 1. The van der Waals surface area contributed by atoms with Crippen LogP contribution in [0.4, 0.5) is 14.6 Å². The minimum atomic E-state index is -3.48. The van der Waals surface area contributed by atoms with Gasteiger partial charge in [0.15, 0.2) is 6.10 Å². The summed E-state index contributed by atoms with van der Waals surface area (Å²) in [5, 5.41) is 9.49. The molecule has 18 heavy (non-hydrogen) atoms. The van der Waals surface area contributed by atoms with E-state index in [0.29, 0.717) is 0 Å². The topological polar surface area (TPSA) is 101 Å². The number of aliphatic hydroxyl groups excluding tert-OH is 1. The van der Waals surface area contributed by atoms with Crippen LogP contribution in [0.5, 0.6) is 0 Å². The Hall–Kier alpha value is -1.54. The fourth-order valence-corrected chi connectivity index (χ4v) is 1.97. The molecule has 1 aromatic rings. The lowest BCUT2D eigenvalue weighted by Crippen LogP contribution is -2.37. The summed E-state index contributed by atoms with van der Waals surface area (Å²) in [7, 11) is 0. The predicted molar refractivity (Wildman–Crippen MR) is 58.1 cm³/mol. The van der Waals surface area contributed by atoms with Crippen LogP contribution in [0.1, 0.15) is 25.0 Å². The number of nitrogens with two attached hydrogens (primary N) is 1. The van der Waals surface area contributed by atoms with Gasteiger partial charge in [0.2, 0.25) is 0 Å². The highest BCUT2D eigenvalue weighted by Crippen LogP contribution is 2.47. The molecule has 0 amide bonds. The monoisotopic (exact) mass is 261 g/mol. The molecule has 6 nitrogen and oxygen atoms in total. The van der Waals surface area contributed by atoms with Crippen LogP contribution in [0.2, 0.25) is 0 Å². The summed E-state index contributed by atoms with van der Waals surface area (Å²) in [4.78, 5) is 16.3. The molecule has 2 heterocycles. The highest BCUT2D eigenvalue weighted by molar-refractivity contribution is 5.40. The van der Waals surface area contributed by atoms with Crippen molar-refractivity contribution in [3.8, 4) is 0 Å². The number of aromatic amines is 1. The lowest BCUT2D eigenvalue weighted by molar-refractivity contribution is -0.113. The Labute approximate surface area is 101 Å². The smallest absolute Gasteiger partial charge is 0.346 e. The van der Waals surface area contributed by atoms with Crippen molar-refractivity contribution in [3.05, 3.63) is 22.2 Å². The fourth-order valence-electron chi connectivity index (χ4n) is 1.97. The van der Waals surface area contributed by atoms with Crippen molar-refractivity contribution in [2.45, 2.75) is 37.6 Å². The number of aromatic nitrogens is 2. The van der Waals surface area contributed by atoms with Gasteiger partial charge in [0.05, 0.1) is 6.10 Å². The summed E-state index contributed by atoms with van der Waals surface area (Å²) < 4.78 is 32.8. The van der Waals surface area contributed by atoms with Crippen LogP contribution in [0.3, 0.4) is 0 Å². The van der Waals surface area contributed by atoms with Gasteiger partial charge >= 0.3 is 11.6 Å². The molecule has 0 bridgehead atoms. The lowest BCUT2D eigenvalue weighted by Gasteiger charge is -2.20. The van der Waals surface area contributed by atoms with Crippen molar-refractivity contribution in [2.24, 2.45) is 0 Å².